The molecule has 40 heavy (non-hydrogen) atoms. The van der Waals surface area contributed by atoms with Crippen LogP contribution in [-0.2, 0) is 16.2 Å². The number of sulfonamides is 1. The maximum absolute atomic E-state index is 13.5. The average Bonchev–Trinajstić information content (AvgIpc) is 2.85. The van der Waals surface area contributed by atoms with Crippen LogP contribution in [0.5, 0.6) is 0 Å². The standard InChI is InChI=1S/C24H19F7N6O2S/c1-12(14-4-9-19(40(32,38)39)16(10-14)24(29,30)31)34-22-36-18-8-7-17(13-2-5-15(25)6-3-13)35-20(18)21(37-22)33-11-23(26,27)28/h2-10,12H,11H2,1H3,(H2,32,38,39)(H2,33,34,36,37). The van der Waals surface area contributed by atoms with Gasteiger partial charge in [0.1, 0.15) is 17.9 Å². The van der Waals surface area contributed by atoms with Crippen LogP contribution in [-0.4, -0.2) is 36.1 Å². The summed E-state index contributed by atoms with van der Waals surface area (Å²) in [5.41, 5.74) is -0.676. The Morgan fingerprint density at radius 3 is 2.20 bits per heavy atom. The van der Waals surface area contributed by atoms with Gasteiger partial charge in [0, 0.05) is 5.56 Å². The lowest BCUT2D eigenvalue weighted by Crippen LogP contribution is -2.22. The molecule has 4 rings (SSSR count). The average molecular weight is 589 g/mol. The molecular weight excluding hydrogens is 569 g/mol. The number of nitrogens with one attached hydrogen (secondary N) is 2. The van der Waals surface area contributed by atoms with Crippen molar-refractivity contribution in [3.8, 4) is 11.3 Å². The fourth-order valence-electron chi connectivity index (χ4n) is 3.73. The molecule has 2 aromatic heterocycles. The largest absolute Gasteiger partial charge is 0.417 e. The van der Waals surface area contributed by atoms with Gasteiger partial charge in [-0.3, -0.25) is 0 Å². The van der Waals surface area contributed by atoms with Crippen molar-refractivity contribution in [2.45, 2.75) is 30.2 Å². The minimum atomic E-state index is -5.04. The van der Waals surface area contributed by atoms with Crippen LogP contribution in [0.1, 0.15) is 24.1 Å². The van der Waals surface area contributed by atoms with E-state index in [1.165, 1.54) is 43.3 Å². The molecule has 0 spiro atoms. The van der Waals surface area contributed by atoms with Crippen molar-refractivity contribution < 1.29 is 39.2 Å². The zero-order valence-electron chi connectivity index (χ0n) is 20.3. The van der Waals surface area contributed by atoms with Crippen LogP contribution >= 0.6 is 0 Å². The van der Waals surface area contributed by atoms with Crippen LogP contribution in [0.3, 0.4) is 0 Å². The number of primary sulfonamides is 1. The van der Waals surface area contributed by atoms with Crippen LogP contribution in [0.4, 0.5) is 42.5 Å². The predicted octanol–water partition coefficient (Wildman–Crippen LogP) is 5.64. The van der Waals surface area contributed by atoms with Crippen molar-refractivity contribution in [2.24, 2.45) is 5.14 Å². The Morgan fingerprint density at radius 1 is 0.925 bits per heavy atom. The molecule has 4 aromatic rings. The topological polar surface area (TPSA) is 123 Å². The van der Waals surface area contributed by atoms with E-state index in [0.29, 0.717) is 23.4 Å². The zero-order chi connectivity index (χ0) is 29.5. The second kappa shape index (κ2) is 10.5. The van der Waals surface area contributed by atoms with Crippen LogP contribution in [0.2, 0.25) is 0 Å². The second-order valence-electron chi connectivity index (χ2n) is 8.60. The summed E-state index contributed by atoms with van der Waals surface area (Å²) in [7, 11) is -4.68. The predicted molar refractivity (Wildman–Crippen MR) is 132 cm³/mol. The minimum Gasteiger partial charge on any atom is -0.359 e. The maximum atomic E-state index is 13.5. The van der Waals surface area contributed by atoms with Gasteiger partial charge in [-0.25, -0.2) is 27.9 Å². The summed E-state index contributed by atoms with van der Waals surface area (Å²) in [4.78, 5) is 11.5. The van der Waals surface area contributed by atoms with E-state index >= 15 is 0 Å². The number of nitrogens with zero attached hydrogens (tertiary/aromatic N) is 3. The van der Waals surface area contributed by atoms with Crippen molar-refractivity contribution >= 4 is 32.8 Å². The first-order valence-electron chi connectivity index (χ1n) is 11.3. The van der Waals surface area contributed by atoms with Gasteiger partial charge in [0.05, 0.1) is 27.7 Å². The van der Waals surface area contributed by atoms with Gasteiger partial charge >= 0.3 is 12.4 Å². The van der Waals surface area contributed by atoms with Gasteiger partial charge in [-0.2, -0.15) is 31.3 Å². The number of fused-ring (bicyclic) bond motifs is 1. The highest BCUT2D eigenvalue weighted by Gasteiger charge is 2.37. The summed E-state index contributed by atoms with van der Waals surface area (Å²) in [6, 6.07) is 9.64. The van der Waals surface area contributed by atoms with Crippen LogP contribution in [0.25, 0.3) is 22.3 Å². The van der Waals surface area contributed by atoms with E-state index in [4.69, 9.17) is 5.14 Å². The molecule has 1 unspecified atom stereocenters. The fourth-order valence-corrected chi connectivity index (χ4v) is 4.47. The molecule has 16 heteroatoms. The SMILES string of the molecule is CC(Nc1nc(NCC(F)(F)F)c2nc(-c3ccc(F)cc3)ccc2n1)c1ccc(S(N)(=O)=O)c(C(F)(F)F)c1. The summed E-state index contributed by atoms with van der Waals surface area (Å²) < 4.78 is 116. The summed E-state index contributed by atoms with van der Waals surface area (Å²) >= 11 is 0. The Hall–Kier alpha value is -4.05. The molecule has 4 N–H and O–H groups in total. The molecule has 2 aromatic carbocycles. The molecule has 0 fully saturated rings. The summed E-state index contributed by atoms with van der Waals surface area (Å²) in [6.07, 6.45) is -9.66. The lowest BCUT2D eigenvalue weighted by atomic mass is 10.0. The fraction of sp³-hybridized carbons (Fsp3) is 0.208. The summed E-state index contributed by atoms with van der Waals surface area (Å²) in [5.74, 6) is -1.06. The van der Waals surface area contributed by atoms with Gasteiger partial charge in [-0.15, -0.1) is 0 Å². The molecule has 0 aliphatic heterocycles. The molecule has 0 aliphatic carbocycles. The minimum absolute atomic E-state index is 0.0296. The van der Waals surface area contributed by atoms with E-state index in [0.717, 1.165) is 6.07 Å². The molecule has 8 nitrogen and oxygen atoms in total. The van der Waals surface area contributed by atoms with Crippen LogP contribution < -0.4 is 15.8 Å². The molecule has 0 bridgehead atoms. The number of hydrogen-bond donors (Lipinski definition) is 3. The molecular formula is C24H19F7N6O2S. The van der Waals surface area contributed by atoms with E-state index in [-0.39, 0.29) is 28.4 Å². The van der Waals surface area contributed by atoms with Crippen LogP contribution in [0, 0.1) is 5.82 Å². The lowest BCUT2D eigenvalue weighted by molar-refractivity contribution is -0.140. The third-order valence-corrected chi connectivity index (χ3v) is 6.57. The Kier molecular flexibility index (Phi) is 7.60. The van der Waals surface area contributed by atoms with E-state index in [9.17, 15) is 39.2 Å². The first-order valence-corrected chi connectivity index (χ1v) is 12.8. The van der Waals surface area contributed by atoms with E-state index in [2.05, 4.69) is 25.6 Å². The highest BCUT2D eigenvalue weighted by Crippen LogP contribution is 2.36. The molecule has 212 valence electrons. The molecule has 0 radical (unpaired) electrons. The van der Waals surface area contributed by atoms with Gasteiger partial charge in [0.2, 0.25) is 16.0 Å². The molecule has 0 amide bonds. The Morgan fingerprint density at radius 2 is 1.60 bits per heavy atom. The number of alkyl halides is 6. The molecule has 0 aliphatic rings. The molecule has 0 saturated carbocycles. The van der Waals surface area contributed by atoms with Gasteiger partial charge < -0.3 is 10.6 Å². The van der Waals surface area contributed by atoms with E-state index in [1.807, 2.05) is 0 Å². The first kappa shape index (κ1) is 28.9. The summed E-state index contributed by atoms with van der Waals surface area (Å²) in [5, 5.41) is 9.78. The number of halogens is 7. The molecule has 2 heterocycles. The first-order chi connectivity index (χ1) is 18.5. The van der Waals surface area contributed by atoms with Gasteiger partial charge in [-0.1, -0.05) is 6.07 Å². The number of aromatic nitrogens is 3. The van der Waals surface area contributed by atoms with Gasteiger partial charge in [0.25, 0.3) is 0 Å². The number of pyridine rings is 1. The number of nitrogens with two attached hydrogens (primary N) is 1. The quantitative estimate of drug-likeness (QED) is 0.239. The maximum Gasteiger partial charge on any atom is 0.417 e. The van der Waals surface area contributed by atoms with E-state index in [1.54, 1.807) is 0 Å². The van der Waals surface area contributed by atoms with E-state index < -0.39 is 51.2 Å². The normalized spacial score (nSPS) is 13.3. The third-order valence-electron chi connectivity index (χ3n) is 5.60. The van der Waals surface area contributed by atoms with Gasteiger partial charge in [0.15, 0.2) is 5.82 Å². The summed E-state index contributed by atoms with van der Waals surface area (Å²) in [6.45, 7) is -0.0567. The highest BCUT2D eigenvalue weighted by molar-refractivity contribution is 7.89. The third kappa shape index (κ3) is 6.74. The number of hydrogen-bond acceptors (Lipinski definition) is 7. The second-order valence-corrected chi connectivity index (χ2v) is 10.1. The Balaban J connectivity index is 1.73. The zero-order valence-corrected chi connectivity index (χ0v) is 21.1. The van der Waals surface area contributed by atoms with Crippen molar-refractivity contribution in [1.82, 2.24) is 15.0 Å². The Bertz CT molecular complexity index is 1660. The molecule has 1 atom stereocenters. The van der Waals surface area contributed by atoms with Gasteiger partial charge in [-0.05, 0) is 61.0 Å². The number of rotatable bonds is 7. The monoisotopic (exact) mass is 588 g/mol. The highest BCUT2D eigenvalue weighted by atomic mass is 32.2. The molecule has 0 saturated heterocycles. The number of anilines is 2. The number of benzene rings is 2. The van der Waals surface area contributed by atoms with Crippen LogP contribution in [0.15, 0.2) is 59.5 Å². The lowest BCUT2D eigenvalue weighted by Gasteiger charge is -2.19. The van der Waals surface area contributed by atoms with Crippen molar-refractivity contribution in [1.29, 1.82) is 0 Å². The smallest absolute Gasteiger partial charge is 0.359 e. The Labute approximate surface area is 222 Å². The van der Waals surface area contributed by atoms with Crippen molar-refractivity contribution in [3.05, 3.63) is 71.5 Å². The van der Waals surface area contributed by atoms with Crippen molar-refractivity contribution in [3.63, 3.8) is 0 Å². The van der Waals surface area contributed by atoms with Crippen molar-refractivity contribution in [2.75, 3.05) is 17.2 Å².